The molecule has 3 rings (SSSR count). The van der Waals surface area contributed by atoms with E-state index in [1.54, 1.807) is 0 Å². The summed E-state index contributed by atoms with van der Waals surface area (Å²) in [5.41, 5.74) is 0.840. The van der Waals surface area contributed by atoms with Gasteiger partial charge in [-0.25, -0.2) is 18.1 Å². The number of hydrogen-bond donors (Lipinski definition) is 1. The molecular formula is C14H14ClN3O3S2. The van der Waals surface area contributed by atoms with Crippen LogP contribution in [0.3, 0.4) is 0 Å². The van der Waals surface area contributed by atoms with E-state index in [-0.39, 0.29) is 16.5 Å². The molecule has 1 N–H and O–H groups in total. The first-order valence-electron chi connectivity index (χ1n) is 6.74. The molecule has 23 heavy (non-hydrogen) atoms. The van der Waals surface area contributed by atoms with Gasteiger partial charge in [0.15, 0.2) is 4.96 Å². The summed E-state index contributed by atoms with van der Waals surface area (Å²) < 4.78 is 34.0. The zero-order chi connectivity index (χ0) is 16.4. The van der Waals surface area contributed by atoms with Crippen molar-refractivity contribution in [3.05, 3.63) is 46.7 Å². The van der Waals surface area contributed by atoms with Crippen molar-refractivity contribution in [2.45, 2.75) is 11.3 Å². The summed E-state index contributed by atoms with van der Waals surface area (Å²) in [4.78, 5) is 5.41. The Morgan fingerprint density at radius 2 is 2.26 bits per heavy atom. The lowest BCUT2D eigenvalue weighted by Gasteiger charge is -2.08. The largest absolute Gasteiger partial charge is 0.495 e. The molecule has 0 aliphatic rings. The maximum atomic E-state index is 12.3. The van der Waals surface area contributed by atoms with Gasteiger partial charge in [0, 0.05) is 30.7 Å². The van der Waals surface area contributed by atoms with Crippen LogP contribution in [0.5, 0.6) is 5.75 Å². The van der Waals surface area contributed by atoms with Crippen LogP contribution in [0.1, 0.15) is 5.69 Å². The van der Waals surface area contributed by atoms with Crippen molar-refractivity contribution < 1.29 is 13.2 Å². The average Bonchev–Trinajstić information content (AvgIpc) is 3.08. The molecule has 3 aromatic rings. The number of rotatable bonds is 6. The highest BCUT2D eigenvalue weighted by Crippen LogP contribution is 2.26. The minimum absolute atomic E-state index is 0.106. The predicted octanol–water partition coefficient (Wildman–Crippen LogP) is 2.58. The van der Waals surface area contributed by atoms with Gasteiger partial charge < -0.3 is 4.74 Å². The second-order valence-electron chi connectivity index (χ2n) is 4.77. The van der Waals surface area contributed by atoms with Crippen molar-refractivity contribution in [3.63, 3.8) is 0 Å². The van der Waals surface area contributed by atoms with Gasteiger partial charge in [-0.05, 0) is 18.2 Å². The van der Waals surface area contributed by atoms with Gasteiger partial charge in [0.2, 0.25) is 10.0 Å². The highest BCUT2D eigenvalue weighted by molar-refractivity contribution is 7.89. The number of nitrogens with one attached hydrogen (secondary N) is 1. The number of ether oxygens (including phenoxy) is 1. The number of halogens is 1. The van der Waals surface area contributed by atoms with Gasteiger partial charge in [0.25, 0.3) is 0 Å². The Hall–Kier alpha value is -1.61. The summed E-state index contributed by atoms with van der Waals surface area (Å²) in [6.45, 7) is 0.261. The monoisotopic (exact) mass is 371 g/mol. The zero-order valence-electron chi connectivity index (χ0n) is 12.2. The molecule has 122 valence electrons. The van der Waals surface area contributed by atoms with Gasteiger partial charge in [-0.2, -0.15) is 0 Å². The summed E-state index contributed by atoms with van der Waals surface area (Å²) >= 11 is 7.51. The molecule has 0 amide bonds. The first kappa shape index (κ1) is 16.3. The van der Waals surface area contributed by atoms with Crippen LogP contribution in [0.2, 0.25) is 5.02 Å². The van der Waals surface area contributed by atoms with Crippen LogP contribution in [0.15, 0.2) is 40.9 Å². The molecule has 0 aliphatic heterocycles. The summed E-state index contributed by atoms with van der Waals surface area (Å²) in [5, 5.41) is 2.20. The molecule has 2 heterocycles. The van der Waals surface area contributed by atoms with Crippen molar-refractivity contribution in [1.82, 2.24) is 14.1 Å². The molecule has 0 bridgehead atoms. The quantitative estimate of drug-likeness (QED) is 0.722. The Labute approximate surface area is 142 Å². The fourth-order valence-corrected chi connectivity index (χ4v) is 4.21. The minimum atomic E-state index is -3.62. The Balaban J connectivity index is 1.66. The predicted molar refractivity (Wildman–Crippen MR) is 90.0 cm³/mol. The number of aromatic nitrogens is 2. The highest BCUT2D eigenvalue weighted by atomic mass is 35.5. The van der Waals surface area contributed by atoms with E-state index in [0.717, 1.165) is 10.7 Å². The number of sulfonamides is 1. The molecule has 0 radical (unpaired) electrons. The second kappa shape index (κ2) is 6.48. The Kier molecular flexibility index (Phi) is 4.58. The van der Waals surface area contributed by atoms with Crippen LogP contribution in [-0.2, 0) is 16.4 Å². The van der Waals surface area contributed by atoms with E-state index >= 15 is 0 Å². The van der Waals surface area contributed by atoms with Crippen LogP contribution in [0.25, 0.3) is 4.96 Å². The normalized spacial score (nSPS) is 11.9. The first-order valence-corrected chi connectivity index (χ1v) is 9.48. The van der Waals surface area contributed by atoms with E-state index in [0.29, 0.717) is 12.2 Å². The molecule has 6 nitrogen and oxygen atoms in total. The Morgan fingerprint density at radius 1 is 1.43 bits per heavy atom. The number of methoxy groups -OCH3 is 1. The molecule has 9 heteroatoms. The van der Waals surface area contributed by atoms with Gasteiger partial charge >= 0.3 is 0 Å². The smallest absolute Gasteiger partial charge is 0.240 e. The molecule has 0 unspecified atom stereocenters. The molecule has 0 atom stereocenters. The maximum Gasteiger partial charge on any atom is 0.240 e. The molecule has 0 aliphatic carbocycles. The molecule has 0 fully saturated rings. The van der Waals surface area contributed by atoms with Gasteiger partial charge in [-0.15, -0.1) is 11.3 Å². The summed E-state index contributed by atoms with van der Waals surface area (Å²) in [6.07, 6.45) is 4.32. The van der Waals surface area contributed by atoms with E-state index in [2.05, 4.69) is 9.71 Å². The Morgan fingerprint density at radius 3 is 2.96 bits per heavy atom. The number of nitrogens with zero attached hydrogens (tertiary/aromatic N) is 2. The maximum absolute atomic E-state index is 12.3. The van der Waals surface area contributed by atoms with Crippen molar-refractivity contribution in [2.75, 3.05) is 13.7 Å². The summed E-state index contributed by atoms with van der Waals surface area (Å²) in [6, 6.07) is 4.36. The molecule has 0 saturated heterocycles. The number of fused-ring (bicyclic) bond motifs is 1. The summed E-state index contributed by atoms with van der Waals surface area (Å²) in [7, 11) is -2.14. The van der Waals surface area contributed by atoms with Crippen LogP contribution in [0, 0.1) is 0 Å². The fourth-order valence-electron chi connectivity index (χ4n) is 2.11. The average molecular weight is 372 g/mol. The van der Waals surface area contributed by atoms with E-state index in [9.17, 15) is 8.42 Å². The third-order valence-corrected chi connectivity index (χ3v) is 5.77. The van der Waals surface area contributed by atoms with Crippen LogP contribution < -0.4 is 9.46 Å². The SMILES string of the molecule is COc1ccc(S(=O)(=O)NCCc2cn3ccsc3n2)cc1Cl. The number of thiazole rings is 1. The molecule has 0 spiro atoms. The second-order valence-corrected chi connectivity index (χ2v) is 7.82. The number of hydrogen-bond acceptors (Lipinski definition) is 5. The lowest BCUT2D eigenvalue weighted by molar-refractivity contribution is 0.414. The molecule has 1 aromatic carbocycles. The van der Waals surface area contributed by atoms with Crippen molar-refractivity contribution >= 4 is 37.9 Å². The van der Waals surface area contributed by atoms with Gasteiger partial charge in [0.05, 0.1) is 22.7 Å². The van der Waals surface area contributed by atoms with Gasteiger partial charge in [0.1, 0.15) is 5.75 Å². The van der Waals surface area contributed by atoms with E-state index < -0.39 is 10.0 Å². The third kappa shape index (κ3) is 3.50. The lowest BCUT2D eigenvalue weighted by Crippen LogP contribution is -2.26. The number of benzene rings is 1. The number of imidazole rings is 1. The molecule has 0 saturated carbocycles. The molecular weight excluding hydrogens is 358 g/mol. The standard InChI is InChI=1S/C14H14ClN3O3S2/c1-21-13-3-2-11(8-12(13)15)23(19,20)16-5-4-10-9-18-6-7-22-14(18)17-10/h2-3,6-9,16H,4-5H2,1H3. The summed E-state index contributed by atoms with van der Waals surface area (Å²) in [5.74, 6) is 0.434. The minimum Gasteiger partial charge on any atom is -0.495 e. The van der Waals surface area contributed by atoms with Crippen molar-refractivity contribution in [1.29, 1.82) is 0 Å². The third-order valence-electron chi connectivity index (χ3n) is 3.25. The first-order chi connectivity index (χ1) is 11.0. The van der Waals surface area contributed by atoms with E-state index in [1.807, 2.05) is 22.2 Å². The van der Waals surface area contributed by atoms with Crippen LogP contribution >= 0.6 is 22.9 Å². The van der Waals surface area contributed by atoms with E-state index in [4.69, 9.17) is 16.3 Å². The topological polar surface area (TPSA) is 72.7 Å². The van der Waals surface area contributed by atoms with Crippen LogP contribution in [0.4, 0.5) is 0 Å². The van der Waals surface area contributed by atoms with Gasteiger partial charge in [-0.1, -0.05) is 11.6 Å². The van der Waals surface area contributed by atoms with Gasteiger partial charge in [-0.3, -0.25) is 4.40 Å². The van der Waals surface area contributed by atoms with Crippen molar-refractivity contribution in [3.8, 4) is 5.75 Å². The highest BCUT2D eigenvalue weighted by Gasteiger charge is 2.16. The van der Waals surface area contributed by atoms with Crippen molar-refractivity contribution in [2.24, 2.45) is 0 Å². The van der Waals surface area contributed by atoms with E-state index in [1.165, 1.54) is 36.6 Å². The Bertz CT molecular complexity index is 905. The van der Waals surface area contributed by atoms with Crippen LogP contribution in [-0.4, -0.2) is 31.5 Å². The molecule has 2 aromatic heterocycles. The fraction of sp³-hybridized carbons (Fsp3) is 0.214. The lowest BCUT2D eigenvalue weighted by atomic mass is 10.3. The zero-order valence-corrected chi connectivity index (χ0v) is 14.6.